The average molecular weight is 226 g/mol. The molecule has 0 spiro atoms. The van der Waals surface area contributed by atoms with Crippen LogP contribution in [0.1, 0.15) is 24.8 Å². The summed E-state index contributed by atoms with van der Waals surface area (Å²) in [6, 6.07) is 0.673. The number of anilines is 1. The number of nitrogens with one attached hydrogen (secondary N) is 1. The van der Waals surface area contributed by atoms with Gasteiger partial charge >= 0.3 is 0 Å². The van der Waals surface area contributed by atoms with Gasteiger partial charge in [-0.05, 0) is 32.7 Å². The molecule has 0 saturated heterocycles. The fourth-order valence-corrected chi connectivity index (χ4v) is 2.47. The number of aromatic nitrogens is 2. The van der Waals surface area contributed by atoms with Crippen LogP contribution >= 0.6 is 11.3 Å². The molecule has 1 aliphatic rings. The van der Waals surface area contributed by atoms with Crippen LogP contribution in [-0.4, -0.2) is 35.2 Å². The van der Waals surface area contributed by atoms with Crippen LogP contribution in [0.25, 0.3) is 0 Å². The van der Waals surface area contributed by atoms with Crippen molar-refractivity contribution in [2.45, 2.75) is 32.4 Å². The average Bonchev–Trinajstić information content (AvgIpc) is 2.98. The summed E-state index contributed by atoms with van der Waals surface area (Å²) in [4.78, 5) is 2.37. The molecule has 1 aromatic rings. The fourth-order valence-electron chi connectivity index (χ4n) is 1.71. The van der Waals surface area contributed by atoms with Crippen molar-refractivity contribution in [2.75, 3.05) is 19.4 Å². The molecule has 0 amide bonds. The van der Waals surface area contributed by atoms with Crippen molar-refractivity contribution in [1.29, 1.82) is 0 Å². The van der Waals surface area contributed by atoms with E-state index in [0.717, 1.165) is 22.6 Å². The van der Waals surface area contributed by atoms with Gasteiger partial charge < -0.3 is 5.32 Å². The molecular formula is C10H18N4S. The molecule has 4 nitrogen and oxygen atoms in total. The van der Waals surface area contributed by atoms with E-state index in [1.807, 2.05) is 7.05 Å². The Morgan fingerprint density at radius 1 is 1.53 bits per heavy atom. The number of hydrogen-bond acceptors (Lipinski definition) is 5. The fraction of sp³-hybridized carbons (Fsp3) is 0.800. The van der Waals surface area contributed by atoms with Gasteiger partial charge in [-0.3, -0.25) is 4.90 Å². The maximum Gasteiger partial charge on any atom is 0.205 e. The highest BCUT2D eigenvalue weighted by molar-refractivity contribution is 7.15. The van der Waals surface area contributed by atoms with E-state index in [-0.39, 0.29) is 0 Å². The lowest BCUT2D eigenvalue weighted by Crippen LogP contribution is -2.30. The van der Waals surface area contributed by atoms with E-state index in [2.05, 4.69) is 34.4 Å². The van der Waals surface area contributed by atoms with Crippen molar-refractivity contribution < 1.29 is 0 Å². The van der Waals surface area contributed by atoms with Crippen LogP contribution in [0.4, 0.5) is 5.13 Å². The Morgan fingerprint density at radius 2 is 2.27 bits per heavy atom. The minimum atomic E-state index is 0.673. The largest absolute Gasteiger partial charge is 0.363 e. The zero-order valence-electron chi connectivity index (χ0n) is 9.53. The molecular weight excluding hydrogens is 208 g/mol. The van der Waals surface area contributed by atoms with Gasteiger partial charge in [0.05, 0.1) is 6.54 Å². The van der Waals surface area contributed by atoms with Crippen molar-refractivity contribution in [1.82, 2.24) is 15.1 Å². The summed E-state index contributed by atoms with van der Waals surface area (Å²) in [6.07, 6.45) is 2.78. The third kappa shape index (κ3) is 2.66. The molecule has 1 aromatic heterocycles. The predicted octanol–water partition coefficient (Wildman–Crippen LogP) is 1.81. The Kier molecular flexibility index (Phi) is 3.21. The molecule has 1 N–H and O–H groups in total. The van der Waals surface area contributed by atoms with Gasteiger partial charge in [0.25, 0.3) is 0 Å². The quantitative estimate of drug-likeness (QED) is 0.831. The molecule has 1 unspecified atom stereocenters. The second-order valence-corrected chi connectivity index (χ2v) is 5.31. The second kappa shape index (κ2) is 4.45. The van der Waals surface area contributed by atoms with Crippen LogP contribution in [0.3, 0.4) is 0 Å². The zero-order chi connectivity index (χ0) is 10.8. The van der Waals surface area contributed by atoms with Crippen LogP contribution in [0.15, 0.2) is 0 Å². The highest BCUT2D eigenvalue weighted by Gasteiger charge is 2.30. The smallest absolute Gasteiger partial charge is 0.205 e. The van der Waals surface area contributed by atoms with Gasteiger partial charge in [-0.15, -0.1) is 10.2 Å². The van der Waals surface area contributed by atoms with Crippen molar-refractivity contribution in [3.63, 3.8) is 0 Å². The van der Waals surface area contributed by atoms with E-state index in [0.29, 0.717) is 6.04 Å². The number of nitrogens with zero attached hydrogens (tertiary/aromatic N) is 3. The zero-order valence-corrected chi connectivity index (χ0v) is 10.3. The summed E-state index contributed by atoms with van der Waals surface area (Å²) in [5.74, 6) is 0.909. The van der Waals surface area contributed by atoms with Gasteiger partial charge in [0.1, 0.15) is 5.01 Å². The summed E-state index contributed by atoms with van der Waals surface area (Å²) in [7, 11) is 4.05. The van der Waals surface area contributed by atoms with Crippen molar-refractivity contribution in [3.8, 4) is 0 Å². The van der Waals surface area contributed by atoms with Gasteiger partial charge in [0.2, 0.25) is 5.13 Å². The Balaban J connectivity index is 1.89. The van der Waals surface area contributed by atoms with Gasteiger partial charge in [-0.2, -0.15) is 0 Å². The summed E-state index contributed by atoms with van der Waals surface area (Å²) in [6.45, 7) is 3.22. The molecule has 1 aliphatic carbocycles. The maximum atomic E-state index is 4.15. The lowest BCUT2D eigenvalue weighted by atomic mass is 10.2. The monoisotopic (exact) mass is 226 g/mol. The van der Waals surface area contributed by atoms with Crippen LogP contribution in [0.5, 0.6) is 0 Å². The Hall–Kier alpha value is -0.680. The van der Waals surface area contributed by atoms with Crippen LogP contribution in [-0.2, 0) is 6.54 Å². The minimum Gasteiger partial charge on any atom is -0.363 e. The van der Waals surface area contributed by atoms with Crippen LogP contribution < -0.4 is 5.32 Å². The Morgan fingerprint density at radius 3 is 2.80 bits per heavy atom. The molecule has 15 heavy (non-hydrogen) atoms. The highest BCUT2D eigenvalue weighted by atomic mass is 32.1. The molecule has 1 heterocycles. The molecule has 0 radical (unpaired) electrons. The molecule has 1 fully saturated rings. The number of hydrogen-bond donors (Lipinski definition) is 1. The third-order valence-corrected chi connectivity index (χ3v) is 3.99. The predicted molar refractivity (Wildman–Crippen MR) is 63.1 cm³/mol. The molecule has 2 rings (SSSR count). The van der Waals surface area contributed by atoms with Crippen LogP contribution in [0, 0.1) is 5.92 Å². The summed E-state index contributed by atoms with van der Waals surface area (Å²) < 4.78 is 0. The van der Waals surface area contributed by atoms with E-state index in [1.54, 1.807) is 11.3 Å². The molecule has 0 aromatic carbocycles. The standard InChI is InChI=1S/C10H18N4S/c1-7(8-4-5-8)14(3)6-9-12-13-10(11-2)15-9/h7-8H,4-6H2,1-3H3,(H,11,13). The molecule has 84 valence electrons. The van der Waals surface area contributed by atoms with Gasteiger partial charge in [-0.25, -0.2) is 0 Å². The Labute approximate surface area is 94.7 Å². The first-order chi connectivity index (χ1) is 7.20. The lowest BCUT2D eigenvalue weighted by molar-refractivity contribution is 0.226. The van der Waals surface area contributed by atoms with E-state index in [4.69, 9.17) is 0 Å². The summed E-state index contributed by atoms with van der Waals surface area (Å²) in [5.41, 5.74) is 0. The molecule has 0 aliphatic heterocycles. The van der Waals surface area contributed by atoms with Crippen molar-refractivity contribution in [3.05, 3.63) is 5.01 Å². The van der Waals surface area contributed by atoms with Crippen molar-refractivity contribution >= 4 is 16.5 Å². The molecule has 1 atom stereocenters. The van der Waals surface area contributed by atoms with E-state index >= 15 is 0 Å². The van der Waals surface area contributed by atoms with E-state index < -0.39 is 0 Å². The molecule has 5 heteroatoms. The SMILES string of the molecule is CNc1nnc(CN(C)C(C)C2CC2)s1. The van der Waals surface area contributed by atoms with Crippen molar-refractivity contribution in [2.24, 2.45) is 5.92 Å². The second-order valence-electron chi connectivity index (χ2n) is 4.24. The van der Waals surface area contributed by atoms with E-state index in [1.165, 1.54) is 12.8 Å². The maximum absolute atomic E-state index is 4.15. The molecule has 1 saturated carbocycles. The first kappa shape index (κ1) is 10.8. The first-order valence-electron chi connectivity index (χ1n) is 5.41. The van der Waals surface area contributed by atoms with Gasteiger partial charge in [0.15, 0.2) is 0 Å². The normalized spacial score (nSPS) is 18.1. The number of rotatable bonds is 5. The Bertz CT molecular complexity index is 321. The molecule has 0 bridgehead atoms. The summed E-state index contributed by atoms with van der Waals surface area (Å²) >= 11 is 1.64. The first-order valence-corrected chi connectivity index (χ1v) is 6.22. The summed E-state index contributed by atoms with van der Waals surface area (Å²) in [5, 5.41) is 13.2. The third-order valence-electron chi connectivity index (χ3n) is 3.06. The highest BCUT2D eigenvalue weighted by Crippen LogP contribution is 2.35. The minimum absolute atomic E-state index is 0.673. The van der Waals surface area contributed by atoms with Gasteiger partial charge in [-0.1, -0.05) is 11.3 Å². The lowest BCUT2D eigenvalue weighted by Gasteiger charge is -2.22. The van der Waals surface area contributed by atoms with E-state index in [9.17, 15) is 0 Å². The van der Waals surface area contributed by atoms with Crippen LogP contribution in [0.2, 0.25) is 0 Å². The topological polar surface area (TPSA) is 41.1 Å². The van der Waals surface area contributed by atoms with Gasteiger partial charge in [0, 0.05) is 13.1 Å².